The van der Waals surface area contributed by atoms with Gasteiger partial charge in [0.15, 0.2) is 0 Å². The summed E-state index contributed by atoms with van der Waals surface area (Å²) in [5.74, 6) is 2.16. The summed E-state index contributed by atoms with van der Waals surface area (Å²) in [5.41, 5.74) is 1.41. The minimum atomic E-state index is -0.207. The summed E-state index contributed by atoms with van der Waals surface area (Å²) in [6, 6.07) is 17.2. The molecule has 0 aromatic heterocycles. The summed E-state index contributed by atoms with van der Waals surface area (Å²) in [6.45, 7) is 3.46. The molecular weight excluding hydrogens is 313 g/mol. The van der Waals surface area contributed by atoms with E-state index in [1.165, 1.54) is 43.6 Å². The Morgan fingerprint density at radius 1 is 0.920 bits per heavy atom. The molecule has 0 N–H and O–H groups in total. The predicted molar refractivity (Wildman–Crippen MR) is 98.0 cm³/mol. The van der Waals surface area contributed by atoms with Crippen molar-refractivity contribution >= 4 is 0 Å². The topological polar surface area (TPSA) is 12.5 Å². The number of ether oxygens (including phenoxy) is 1. The number of rotatable bonds is 4. The maximum Gasteiger partial charge on any atom is 0.123 e. The number of halogens is 1. The molecule has 1 aliphatic carbocycles. The Kier molecular flexibility index (Phi) is 5.02. The van der Waals surface area contributed by atoms with E-state index in [0.717, 1.165) is 37.0 Å². The van der Waals surface area contributed by atoms with Gasteiger partial charge in [-0.15, -0.1) is 0 Å². The largest absolute Gasteiger partial charge is 0.490 e. The fraction of sp³-hybridized carbons (Fsp3) is 0.455. The lowest BCUT2D eigenvalue weighted by molar-refractivity contribution is 0.0285. The molecule has 132 valence electrons. The Labute approximate surface area is 149 Å². The van der Waals surface area contributed by atoms with E-state index in [1.807, 2.05) is 0 Å². The smallest absolute Gasteiger partial charge is 0.123 e. The fourth-order valence-corrected chi connectivity index (χ4v) is 4.45. The van der Waals surface area contributed by atoms with Crippen LogP contribution >= 0.6 is 0 Å². The van der Waals surface area contributed by atoms with E-state index in [9.17, 15) is 4.39 Å². The Hall–Kier alpha value is -1.87. The summed E-state index contributed by atoms with van der Waals surface area (Å²) < 4.78 is 19.1. The van der Waals surface area contributed by atoms with E-state index in [2.05, 4.69) is 35.2 Å². The Bertz CT molecular complexity index is 672. The number of hydrogen-bond donors (Lipinski definition) is 0. The lowest BCUT2D eigenvalue weighted by Gasteiger charge is -2.43. The summed E-state index contributed by atoms with van der Waals surface area (Å²) in [5, 5.41) is 0. The second kappa shape index (κ2) is 7.57. The zero-order valence-corrected chi connectivity index (χ0v) is 14.6. The van der Waals surface area contributed by atoms with E-state index >= 15 is 0 Å². The number of likely N-dealkylation sites (tertiary alicyclic amines) is 1. The molecule has 2 aromatic carbocycles. The monoisotopic (exact) mass is 339 g/mol. The molecule has 2 aromatic rings. The Balaban J connectivity index is 1.30. The molecule has 2 aliphatic rings. The van der Waals surface area contributed by atoms with E-state index in [0.29, 0.717) is 0 Å². The summed E-state index contributed by atoms with van der Waals surface area (Å²) in [6.07, 6.45) is 5.04. The van der Waals surface area contributed by atoms with Gasteiger partial charge >= 0.3 is 0 Å². The first-order valence-electron chi connectivity index (χ1n) is 9.45. The maximum atomic E-state index is 13.0. The van der Waals surface area contributed by atoms with Crippen molar-refractivity contribution in [1.29, 1.82) is 0 Å². The third-order valence-electron chi connectivity index (χ3n) is 5.77. The minimum absolute atomic E-state index is 0.207. The molecule has 3 heteroatoms. The first-order chi connectivity index (χ1) is 12.3. The molecule has 0 spiro atoms. The van der Waals surface area contributed by atoms with E-state index < -0.39 is 0 Å². The van der Waals surface area contributed by atoms with Gasteiger partial charge in [0.1, 0.15) is 11.6 Å². The summed E-state index contributed by atoms with van der Waals surface area (Å²) in [7, 11) is 0. The van der Waals surface area contributed by atoms with Crippen molar-refractivity contribution in [3.05, 3.63) is 66.0 Å². The lowest BCUT2D eigenvalue weighted by atomic mass is 9.74. The van der Waals surface area contributed by atoms with Crippen LogP contribution in [0.4, 0.5) is 4.39 Å². The van der Waals surface area contributed by atoms with E-state index in [-0.39, 0.29) is 11.9 Å². The molecule has 1 saturated carbocycles. The normalized spacial score (nSPS) is 26.8. The fourth-order valence-electron chi connectivity index (χ4n) is 4.45. The number of nitrogens with zero attached hydrogens (tertiary/aromatic N) is 1. The first-order valence-corrected chi connectivity index (χ1v) is 9.45. The van der Waals surface area contributed by atoms with Gasteiger partial charge in [0.2, 0.25) is 0 Å². The van der Waals surface area contributed by atoms with Crippen LogP contribution < -0.4 is 4.74 Å². The van der Waals surface area contributed by atoms with Crippen LogP contribution in [0.15, 0.2) is 54.6 Å². The highest BCUT2D eigenvalue weighted by molar-refractivity contribution is 5.22. The molecule has 0 amide bonds. The van der Waals surface area contributed by atoms with Gasteiger partial charge in [0.25, 0.3) is 0 Å². The van der Waals surface area contributed by atoms with Crippen molar-refractivity contribution < 1.29 is 9.13 Å². The average molecular weight is 339 g/mol. The molecule has 1 saturated heterocycles. The van der Waals surface area contributed by atoms with Crippen molar-refractivity contribution in [2.24, 2.45) is 11.8 Å². The maximum absolute atomic E-state index is 13.0. The second-order valence-electron chi connectivity index (χ2n) is 7.54. The van der Waals surface area contributed by atoms with Crippen LogP contribution in [-0.2, 0) is 6.54 Å². The highest BCUT2D eigenvalue weighted by atomic mass is 19.1. The number of piperidine rings is 1. The van der Waals surface area contributed by atoms with Crippen LogP contribution in [0.2, 0.25) is 0 Å². The van der Waals surface area contributed by atoms with Crippen molar-refractivity contribution in [3.8, 4) is 5.75 Å². The highest BCUT2D eigenvalue weighted by Gasteiger charge is 2.35. The Morgan fingerprint density at radius 2 is 1.72 bits per heavy atom. The SMILES string of the molecule is Fc1ccc(OC2CCC3CN(Cc4ccccc4)CCC3C2)cc1. The van der Waals surface area contributed by atoms with Crippen LogP contribution in [0.25, 0.3) is 0 Å². The van der Waals surface area contributed by atoms with Crippen molar-refractivity contribution in [2.45, 2.75) is 38.3 Å². The molecule has 1 aliphatic heterocycles. The molecule has 25 heavy (non-hydrogen) atoms. The quantitative estimate of drug-likeness (QED) is 0.786. The molecule has 3 unspecified atom stereocenters. The highest BCUT2D eigenvalue weighted by Crippen LogP contribution is 2.38. The van der Waals surface area contributed by atoms with Gasteiger partial charge < -0.3 is 4.74 Å². The number of fused-ring (bicyclic) bond motifs is 1. The van der Waals surface area contributed by atoms with Gasteiger partial charge in [-0.25, -0.2) is 4.39 Å². The third-order valence-corrected chi connectivity index (χ3v) is 5.77. The van der Waals surface area contributed by atoms with Crippen LogP contribution in [0.3, 0.4) is 0 Å². The van der Waals surface area contributed by atoms with E-state index in [1.54, 1.807) is 12.1 Å². The number of hydrogen-bond acceptors (Lipinski definition) is 2. The third kappa shape index (κ3) is 4.21. The van der Waals surface area contributed by atoms with Gasteiger partial charge in [-0.1, -0.05) is 30.3 Å². The average Bonchev–Trinajstić information content (AvgIpc) is 2.65. The van der Waals surface area contributed by atoms with Crippen LogP contribution in [0.1, 0.15) is 31.2 Å². The second-order valence-corrected chi connectivity index (χ2v) is 7.54. The van der Waals surface area contributed by atoms with Gasteiger partial charge in [-0.3, -0.25) is 4.90 Å². The zero-order chi connectivity index (χ0) is 17.1. The summed E-state index contributed by atoms with van der Waals surface area (Å²) >= 11 is 0. The standard InChI is InChI=1S/C22H26FNO/c23-20-7-10-21(11-8-20)25-22-9-6-19-16-24(13-12-18(19)14-22)15-17-4-2-1-3-5-17/h1-5,7-8,10-11,18-19,22H,6,9,12-16H2. The molecule has 0 bridgehead atoms. The molecule has 1 heterocycles. The van der Waals surface area contributed by atoms with Crippen LogP contribution in [0.5, 0.6) is 5.75 Å². The van der Waals surface area contributed by atoms with Crippen molar-refractivity contribution in [1.82, 2.24) is 4.90 Å². The molecule has 3 atom stereocenters. The van der Waals surface area contributed by atoms with Gasteiger partial charge in [0, 0.05) is 13.1 Å². The predicted octanol–water partition coefficient (Wildman–Crippen LogP) is 4.90. The molecule has 0 radical (unpaired) electrons. The molecule has 4 rings (SSSR count). The van der Waals surface area contributed by atoms with Gasteiger partial charge in [-0.2, -0.15) is 0 Å². The van der Waals surface area contributed by atoms with E-state index in [4.69, 9.17) is 4.74 Å². The molecular formula is C22H26FNO. The van der Waals surface area contributed by atoms with Crippen LogP contribution in [0, 0.1) is 17.7 Å². The molecule has 2 nitrogen and oxygen atoms in total. The van der Waals surface area contributed by atoms with Crippen LogP contribution in [-0.4, -0.2) is 24.1 Å². The van der Waals surface area contributed by atoms with Crippen molar-refractivity contribution in [2.75, 3.05) is 13.1 Å². The molecule has 2 fully saturated rings. The first kappa shape index (κ1) is 16.6. The Morgan fingerprint density at radius 3 is 2.52 bits per heavy atom. The van der Waals surface area contributed by atoms with Gasteiger partial charge in [-0.05, 0) is 73.9 Å². The number of benzene rings is 2. The van der Waals surface area contributed by atoms with Gasteiger partial charge in [0.05, 0.1) is 6.10 Å². The zero-order valence-electron chi connectivity index (χ0n) is 14.6. The minimum Gasteiger partial charge on any atom is -0.490 e. The summed E-state index contributed by atoms with van der Waals surface area (Å²) in [4.78, 5) is 2.61. The lowest BCUT2D eigenvalue weighted by Crippen LogP contribution is -2.44. The van der Waals surface area contributed by atoms with Crippen molar-refractivity contribution in [3.63, 3.8) is 0 Å².